The maximum Gasteiger partial charge on any atom is 0.322 e. The Morgan fingerprint density at radius 3 is 2.55 bits per heavy atom. The molecule has 1 fully saturated rings. The molecule has 0 bridgehead atoms. The molecule has 0 spiro atoms. The topological polar surface area (TPSA) is 118 Å². The average Bonchev–Trinajstić information content (AvgIpc) is 2.90. The number of carbonyl (C=O) groups is 1. The van der Waals surface area contributed by atoms with E-state index in [0.717, 1.165) is 4.31 Å². The van der Waals surface area contributed by atoms with Crippen LogP contribution >= 0.6 is 0 Å². The number of benzene rings is 1. The highest BCUT2D eigenvalue weighted by molar-refractivity contribution is 7.89. The van der Waals surface area contributed by atoms with Crippen molar-refractivity contribution in [1.82, 2.24) is 4.31 Å². The smallest absolute Gasteiger partial charge is 0.322 e. The Hall–Kier alpha value is -2.00. The minimum Gasteiger partial charge on any atom is -0.480 e. The van der Waals surface area contributed by atoms with Gasteiger partial charge in [0.05, 0.1) is 9.82 Å². The van der Waals surface area contributed by atoms with Crippen molar-refractivity contribution in [2.45, 2.75) is 37.6 Å². The first-order valence-electron chi connectivity index (χ1n) is 6.66. The third-order valence-electron chi connectivity index (χ3n) is 3.77. The summed E-state index contributed by atoms with van der Waals surface area (Å²) in [6, 6.07) is 1.36. The number of carboxylic acid groups (broad SMARTS) is 1. The van der Waals surface area contributed by atoms with Gasteiger partial charge in [0.25, 0.3) is 5.69 Å². The Bertz CT molecular complexity index is 743. The summed E-state index contributed by atoms with van der Waals surface area (Å²) < 4.78 is 26.4. The van der Waals surface area contributed by atoms with Crippen molar-refractivity contribution < 1.29 is 23.2 Å². The van der Waals surface area contributed by atoms with Crippen LogP contribution in [-0.4, -0.2) is 41.3 Å². The molecule has 0 amide bonds. The van der Waals surface area contributed by atoms with Crippen molar-refractivity contribution in [3.8, 4) is 0 Å². The van der Waals surface area contributed by atoms with Crippen molar-refractivity contribution in [3.63, 3.8) is 0 Å². The van der Waals surface area contributed by atoms with Crippen LogP contribution in [0.5, 0.6) is 0 Å². The Kier molecular flexibility index (Phi) is 4.21. The van der Waals surface area contributed by atoms with Crippen LogP contribution in [-0.2, 0) is 14.8 Å². The first-order valence-corrected chi connectivity index (χ1v) is 8.10. The van der Waals surface area contributed by atoms with Crippen LogP contribution in [0.4, 0.5) is 5.69 Å². The molecule has 1 saturated heterocycles. The fraction of sp³-hybridized carbons (Fsp3) is 0.462. The summed E-state index contributed by atoms with van der Waals surface area (Å²) in [5, 5.41) is 20.0. The largest absolute Gasteiger partial charge is 0.480 e. The molecule has 0 unspecified atom stereocenters. The lowest BCUT2D eigenvalue weighted by atomic mass is 10.1. The molecule has 1 aliphatic rings. The predicted octanol–water partition coefficient (Wildman–Crippen LogP) is 1.45. The number of nitrogens with zero attached hydrogens (tertiary/aromatic N) is 2. The van der Waals surface area contributed by atoms with Crippen LogP contribution in [0, 0.1) is 24.0 Å². The van der Waals surface area contributed by atoms with E-state index in [4.69, 9.17) is 5.11 Å². The number of sulfonamides is 1. The second-order valence-electron chi connectivity index (χ2n) is 5.27. The van der Waals surface area contributed by atoms with Crippen molar-refractivity contribution in [2.75, 3.05) is 6.54 Å². The number of rotatable bonds is 4. The molecule has 1 N–H and O–H groups in total. The van der Waals surface area contributed by atoms with Crippen LogP contribution in [0.2, 0.25) is 0 Å². The van der Waals surface area contributed by atoms with E-state index in [1.165, 1.54) is 26.0 Å². The molecular formula is C13H16N2O6S. The number of nitro groups is 1. The maximum absolute atomic E-state index is 12.7. The molecule has 1 aliphatic heterocycles. The molecular weight excluding hydrogens is 312 g/mol. The highest BCUT2D eigenvalue weighted by Crippen LogP contribution is 2.31. The van der Waals surface area contributed by atoms with E-state index < -0.39 is 27.0 Å². The zero-order chi connectivity index (χ0) is 16.7. The lowest BCUT2D eigenvalue weighted by Crippen LogP contribution is -2.40. The van der Waals surface area contributed by atoms with Crippen molar-refractivity contribution in [1.29, 1.82) is 0 Å². The van der Waals surface area contributed by atoms with Gasteiger partial charge in [-0.25, -0.2) is 8.42 Å². The lowest BCUT2D eigenvalue weighted by Gasteiger charge is -2.22. The van der Waals surface area contributed by atoms with Gasteiger partial charge in [-0.05, 0) is 38.3 Å². The Labute approximate surface area is 127 Å². The number of nitro benzene ring substituents is 1. The first-order chi connectivity index (χ1) is 10.2. The quantitative estimate of drug-likeness (QED) is 0.660. The van der Waals surface area contributed by atoms with Gasteiger partial charge in [0.2, 0.25) is 10.0 Å². The highest BCUT2D eigenvalue weighted by Gasteiger charge is 2.40. The highest BCUT2D eigenvalue weighted by atomic mass is 32.2. The second-order valence-corrected chi connectivity index (χ2v) is 7.13. The van der Waals surface area contributed by atoms with Gasteiger partial charge >= 0.3 is 5.97 Å². The average molecular weight is 328 g/mol. The third-order valence-corrected chi connectivity index (χ3v) is 5.82. The number of hydrogen-bond donors (Lipinski definition) is 1. The Morgan fingerprint density at radius 2 is 2.00 bits per heavy atom. The lowest BCUT2D eigenvalue weighted by molar-refractivity contribution is -0.385. The van der Waals surface area contributed by atoms with E-state index in [0.29, 0.717) is 6.42 Å². The number of carboxylic acids is 1. The molecule has 0 aliphatic carbocycles. The van der Waals surface area contributed by atoms with Gasteiger partial charge in [0.1, 0.15) is 6.04 Å². The van der Waals surface area contributed by atoms with Gasteiger partial charge in [0, 0.05) is 18.2 Å². The number of hydrogen-bond acceptors (Lipinski definition) is 5. The van der Waals surface area contributed by atoms with E-state index in [2.05, 4.69) is 0 Å². The van der Waals surface area contributed by atoms with Gasteiger partial charge in [-0.2, -0.15) is 4.31 Å². The zero-order valence-electron chi connectivity index (χ0n) is 12.1. The molecule has 0 aromatic heterocycles. The maximum atomic E-state index is 12.7. The summed E-state index contributed by atoms with van der Waals surface area (Å²) in [7, 11) is -4.00. The van der Waals surface area contributed by atoms with Gasteiger partial charge in [0.15, 0.2) is 0 Å². The molecule has 0 saturated carbocycles. The molecule has 1 aromatic rings. The Morgan fingerprint density at radius 1 is 1.36 bits per heavy atom. The molecule has 2 rings (SSSR count). The van der Waals surface area contributed by atoms with Crippen LogP contribution in [0.25, 0.3) is 0 Å². The van der Waals surface area contributed by atoms with Crippen LogP contribution in [0.15, 0.2) is 17.0 Å². The third kappa shape index (κ3) is 2.69. The van der Waals surface area contributed by atoms with Crippen LogP contribution in [0.1, 0.15) is 24.0 Å². The predicted molar refractivity (Wildman–Crippen MR) is 77.1 cm³/mol. The molecule has 1 atom stereocenters. The summed E-state index contributed by atoms with van der Waals surface area (Å²) in [6.45, 7) is 3.05. The van der Waals surface area contributed by atoms with Crippen molar-refractivity contribution in [2.24, 2.45) is 0 Å². The summed E-state index contributed by atoms with van der Waals surface area (Å²) in [5.74, 6) is -1.18. The van der Waals surface area contributed by atoms with Gasteiger partial charge in [-0.1, -0.05) is 0 Å². The minimum atomic E-state index is -4.00. The van der Waals surface area contributed by atoms with Gasteiger partial charge < -0.3 is 5.11 Å². The van der Waals surface area contributed by atoms with E-state index in [1.807, 2.05) is 0 Å². The molecule has 1 aromatic carbocycles. The SMILES string of the molecule is Cc1cc(S(=O)(=O)N2CCC[C@@H]2C(=O)O)c(C)cc1[N+](=O)[O-]. The second kappa shape index (κ2) is 5.65. The first kappa shape index (κ1) is 16.4. The van der Waals surface area contributed by atoms with Crippen molar-refractivity contribution >= 4 is 21.7 Å². The monoisotopic (exact) mass is 328 g/mol. The fourth-order valence-electron chi connectivity index (χ4n) is 2.65. The fourth-order valence-corrected chi connectivity index (χ4v) is 4.59. The molecule has 8 nitrogen and oxygen atoms in total. The van der Waals surface area contributed by atoms with Crippen LogP contribution in [0.3, 0.4) is 0 Å². The van der Waals surface area contributed by atoms with E-state index in [-0.39, 0.29) is 34.7 Å². The van der Waals surface area contributed by atoms with E-state index in [9.17, 15) is 23.3 Å². The van der Waals surface area contributed by atoms with E-state index >= 15 is 0 Å². The summed E-state index contributed by atoms with van der Waals surface area (Å²) in [6.07, 6.45) is 0.737. The van der Waals surface area contributed by atoms with Crippen LogP contribution < -0.4 is 0 Å². The van der Waals surface area contributed by atoms with E-state index in [1.54, 1.807) is 0 Å². The Balaban J connectivity index is 2.53. The standard InChI is InChI=1S/C13H16N2O6S/c1-8-7-12(9(2)6-11(8)15(18)19)22(20,21)14-5-3-4-10(14)13(16)17/h6-7,10H,3-5H2,1-2H3,(H,16,17)/t10-/m1/s1. The molecule has 0 radical (unpaired) electrons. The molecule has 1 heterocycles. The summed E-state index contributed by atoms with van der Waals surface area (Å²) in [5.41, 5.74) is 0.293. The normalized spacial score (nSPS) is 19.3. The molecule has 22 heavy (non-hydrogen) atoms. The van der Waals surface area contributed by atoms with Gasteiger partial charge in [-0.3, -0.25) is 14.9 Å². The van der Waals surface area contributed by atoms with Gasteiger partial charge in [-0.15, -0.1) is 0 Å². The van der Waals surface area contributed by atoms with Crippen molar-refractivity contribution in [3.05, 3.63) is 33.4 Å². The molecule has 9 heteroatoms. The zero-order valence-corrected chi connectivity index (χ0v) is 13.0. The number of aryl methyl sites for hydroxylation is 2. The summed E-state index contributed by atoms with van der Waals surface area (Å²) in [4.78, 5) is 21.4. The summed E-state index contributed by atoms with van der Waals surface area (Å²) >= 11 is 0. The number of aliphatic carboxylic acids is 1. The molecule has 120 valence electrons. The minimum absolute atomic E-state index is 0.0799.